The minimum absolute atomic E-state index is 0.500. The number of rotatable bonds is 4. The Labute approximate surface area is 51.9 Å². The summed E-state index contributed by atoms with van der Waals surface area (Å²) in [6, 6.07) is 0. The number of hydrogen-bond acceptors (Lipinski definition) is 4. The highest BCUT2D eigenvalue weighted by Gasteiger charge is 2.23. The molecule has 0 heterocycles. The third-order valence-corrected chi connectivity index (χ3v) is 0.972. The lowest BCUT2D eigenvalue weighted by molar-refractivity contribution is -0.158. The SMILES string of the molecule is NC(CO)(CO)COF. The molecule has 0 amide bonds. The van der Waals surface area contributed by atoms with Crippen LogP contribution in [-0.4, -0.2) is 35.6 Å². The van der Waals surface area contributed by atoms with E-state index in [0.29, 0.717) is 0 Å². The second-order valence-electron chi connectivity index (χ2n) is 1.93. The van der Waals surface area contributed by atoms with Crippen molar-refractivity contribution < 1.29 is 19.7 Å². The first kappa shape index (κ1) is 8.77. The van der Waals surface area contributed by atoms with Crippen LogP contribution in [0, 0.1) is 0 Å². The molecule has 0 aromatic rings. The summed E-state index contributed by atoms with van der Waals surface area (Å²) in [5.41, 5.74) is 3.79. The van der Waals surface area contributed by atoms with E-state index in [1.165, 1.54) is 0 Å². The van der Waals surface area contributed by atoms with Crippen LogP contribution in [0.25, 0.3) is 0 Å². The van der Waals surface area contributed by atoms with Gasteiger partial charge >= 0.3 is 0 Å². The van der Waals surface area contributed by atoms with Crippen LogP contribution in [0.2, 0.25) is 0 Å². The molecule has 5 heteroatoms. The lowest BCUT2D eigenvalue weighted by Gasteiger charge is -2.20. The van der Waals surface area contributed by atoms with E-state index in [1.54, 1.807) is 0 Å². The van der Waals surface area contributed by atoms with Crippen molar-refractivity contribution in [2.45, 2.75) is 5.54 Å². The van der Waals surface area contributed by atoms with Crippen LogP contribution in [0.4, 0.5) is 4.53 Å². The fourth-order valence-corrected chi connectivity index (χ4v) is 0.250. The Kier molecular flexibility index (Phi) is 3.64. The van der Waals surface area contributed by atoms with Crippen molar-refractivity contribution >= 4 is 0 Å². The van der Waals surface area contributed by atoms with Gasteiger partial charge in [-0.05, 0) is 4.53 Å². The molecule has 56 valence electrons. The lowest BCUT2D eigenvalue weighted by Crippen LogP contribution is -2.50. The molecule has 0 saturated carbocycles. The first-order chi connectivity index (χ1) is 4.18. The van der Waals surface area contributed by atoms with E-state index in [4.69, 9.17) is 15.9 Å². The van der Waals surface area contributed by atoms with Crippen molar-refractivity contribution in [3.63, 3.8) is 0 Å². The van der Waals surface area contributed by atoms with E-state index in [1.807, 2.05) is 0 Å². The maximum Gasteiger partial charge on any atom is 0.110 e. The van der Waals surface area contributed by atoms with Gasteiger partial charge in [-0.15, -0.1) is 0 Å². The smallest absolute Gasteiger partial charge is 0.110 e. The van der Waals surface area contributed by atoms with Crippen LogP contribution in [0.5, 0.6) is 0 Å². The van der Waals surface area contributed by atoms with Gasteiger partial charge in [0.2, 0.25) is 0 Å². The van der Waals surface area contributed by atoms with Crippen LogP contribution in [-0.2, 0) is 4.94 Å². The second-order valence-corrected chi connectivity index (χ2v) is 1.93. The fraction of sp³-hybridized carbons (Fsp3) is 1.00. The summed E-state index contributed by atoms with van der Waals surface area (Å²) in [5.74, 6) is 0. The molecular weight excluding hydrogens is 129 g/mol. The van der Waals surface area contributed by atoms with Crippen molar-refractivity contribution in [1.29, 1.82) is 0 Å². The average Bonchev–Trinajstić information content (AvgIpc) is 1.89. The molecule has 9 heavy (non-hydrogen) atoms. The van der Waals surface area contributed by atoms with Crippen LogP contribution in [0.15, 0.2) is 0 Å². The Balaban J connectivity index is 3.62. The zero-order chi connectivity index (χ0) is 7.33. The summed E-state index contributed by atoms with van der Waals surface area (Å²) in [6.07, 6.45) is 0. The Morgan fingerprint density at radius 3 is 2.00 bits per heavy atom. The largest absolute Gasteiger partial charge is 0.394 e. The maximum absolute atomic E-state index is 11.1. The van der Waals surface area contributed by atoms with Gasteiger partial charge in [-0.2, -0.15) is 4.94 Å². The van der Waals surface area contributed by atoms with Crippen molar-refractivity contribution in [3.05, 3.63) is 0 Å². The van der Waals surface area contributed by atoms with E-state index in [-0.39, 0.29) is 0 Å². The molecule has 0 bridgehead atoms. The van der Waals surface area contributed by atoms with Crippen molar-refractivity contribution in [3.8, 4) is 0 Å². The summed E-state index contributed by atoms with van der Waals surface area (Å²) in [7, 11) is 0. The maximum atomic E-state index is 11.1. The van der Waals surface area contributed by atoms with Gasteiger partial charge in [0.05, 0.1) is 18.8 Å². The molecule has 0 aromatic heterocycles. The third-order valence-electron chi connectivity index (χ3n) is 0.972. The van der Waals surface area contributed by atoms with Gasteiger partial charge in [-0.3, -0.25) is 0 Å². The monoisotopic (exact) mass is 139 g/mol. The van der Waals surface area contributed by atoms with Gasteiger partial charge in [0.1, 0.15) is 6.61 Å². The van der Waals surface area contributed by atoms with E-state index in [0.717, 1.165) is 0 Å². The fourth-order valence-electron chi connectivity index (χ4n) is 0.250. The summed E-state index contributed by atoms with van der Waals surface area (Å²) in [5, 5.41) is 16.8. The van der Waals surface area contributed by atoms with Crippen molar-refractivity contribution in [2.24, 2.45) is 5.73 Å². The third kappa shape index (κ3) is 2.71. The Morgan fingerprint density at radius 2 is 1.89 bits per heavy atom. The molecule has 0 rings (SSSR count). The standard InChI is InChI=1S/C4H10FNO3/c5-9-3-4(6,1-7)2-8/h7-8H,1-3,6H2. The Hall–Kier alpha value is -0.230. The Bertz CT molecular complexity index is 76.2. The molecule has 0 aliphatic carbocycles. The van der Waals surface area contributed by atoms with Crippen LogP contribution in [0.3, 0.4) is 0 Å². The highest BCUT2D eigenvalue weighted by molar-refractivity contribution is 4.81. The van der Waals surface area contributed by atoms with Crippen molar-refractivity contribution in [1.82, 2.24) is 0 Å². The summed E-state index contributed by atoms with van der Waals surface area (Å²) >= 11 is 0. The first-order valence-corrected chi connectivity index (χ1v) is 2.42. The summed E-state index contributed by atoms with van der Waals surface area (Å²) in [6.45, 7) is -1.51. The predicted molar refractivity (Wildman–Crippen MR) is 28.1 cm³/mol. The number of hydrogen-bond donors (Lipinski definition) is 3. The molecule has 0 aliphatic rings. The number of halogens is 1. The minimum atomic E-state index is -1.35. The molecule has 0 aliphatic heterocycles. The molecule has 0 aromatic carbocycles. The zero-order valence-electron chi connectivity index (χ0n) is 4.88. The normalized spacial score (nSPS) is 12.0. The lowest BCUT2D eigenvalue weighted by atomic mass is 10.1. The molecule has 0 spiro atoms. The average molecular weight is 139 g/mol. The highest BCUT2D eigenvalue weighted by Crippen LogP contribution is 1.97. The Morgan fingerprint density at radius 1 is 1.44 bits per heavy atom. The van der Waals surface area contributed by atoms with Gasteiger partial charge < -0.3 is 15.9 Å². The topological polar surface area (TPSA) is 75.7 Å². The van der Waals surface area contributed by atoms with Gasteiger partial charge in [0.25, 0.3) is 0 Å². The first-order valence-electron chi connectivity index (χ1n) is 2.42. The molecule has 4 nitrogen and oxygen atoms in total. The van der Waals surface area contributed by atoms with Gasteiger partial charge in [-0.1, -0.05) is 0 Å². The molecule has 0 radical (unpaired) electrons. The number of aliphatic hydroxyl groups is 2. The van der Waals surface area contributed by atoms with Crippen LogP contribution < -0.4 is 5.73 Å². The van der Waals surface area contributed by atoms with E-state index >= 15 is 0 Å². The van der Waals surface area contributed by atoms with E-state index in [9.17, 15) is 4.53 Å². The molecule has 0 fully saturated rings. The number of nitrogens with two attached hydrogens (primary N) is 1. The minimum Gasteiger partial charge on any atom is -0.394 e. The van der Waals surface area contributed by atoms with Crippen molar-refractivity contribution in [2.75, 3.05) is 19.8 Å². The van der Waals surface area contributed by atoms with E-state index < -0.39 is 25.4 Å². The molecule has 0 atom stereocenters. The molecule has 0 unspecified atom stereocenters. The summed E-state index contributed by atoms with van der Waals surface area (Å²) < 4.78 is 11.1. The second kappa shape index (κ2) is 3.73. The predicted octanol–water partition coefficient (Wildman–Crippen LogP) is -1.43. The quantitative estimate of drug-likeness (QED) is 0.446. The van der Waals surface area contributed by atoms with Crippen LogP contribution in [0.1, 0.15) is 0 Å². The van der Waals surface area contributed by atoms with Crippen LogP contribution >= 0.6 is 0 Å². The molecule has 4 N–H and O–H groups in total. The molecular formula is C4H10FNO3. The van der Waals surface area contributed by atoms with Gasteiger partial charge in [0, 0.05) is 0 Å². The zero-order valence-corrected chi connectivity index (χ0v) is 4.88. The van der Waals surface area contributed by atoms with Gasteiger partial charge in [-0.25, -0.2) is 0 Å². The van der Waals surface area contributed by atoms with E-state index in [2.05, 4.69) is 4.94 Å². The molecule has 0 saturated heterocycles. The van der Waals surface area contributed by atoms with Gasteiger partial charge in [0.15, 0.2) is 0 Å². The number of aliphatic hydroxyl groups excluding tert-OH is 2. The summed E-state index contributed by atoms with van der Waals surface area (Å²) in [4.78, 5) is 3.14. The highest BCUT2D eigenvalue weighted by atomic mass is 19.3.